The molecule has 82 valence electrons. The Morgan fingerprint density at radius 3 is 2.56 bits per heavy atom. The van der Waals surface area contributed by atoms with E-state index in [4.69, 9.17) is 5.11 Å². The molecule has 0 aliphatic rings. The highest BCUT2D eigenvalue weighted by Gasteiger charge is 2.20. The molecule has 0 unspecified atom stereocenters. The van der Waals surface area contributed by atoms with Crippen LogP contribution in [0.3, 0.4) is 0 Å². The molecule has 0 aliphatic carbocycles. The molecule has 1 aromatic heterocycles. The van der Waals surface area contributed by atoms with Crippen molar-refractivity contribution in [3.8, 4) is 11.1 Å². The molecule has 0 spiro atoms. The standard InChI is InChI=1S/C11H10N2O3/c14-7-9-11(8-4-2-1-3-5-8)10(6-12-9)13(15)16/h1-6,12,14H,7H2. The van der Waals surface area contributed by atoms with E-state index in [9.17, 15) is 10.1 Å². The quantitative estimate of drug-likeness (QED) is 0.611. The lowest BCUT2D eigenvalue weighted by Gasteiger charge is -2.01. The smallest absolute Gasteiger partial charge is 0.294 e. The Hall–Kier alpha value is -2.14. The maximum Gasteiger partial charge on any atom is 0.294 e. The van der Waals surface area contributed by atoms with Crippen LogP contribution in [0.1, 0.15) is 5.69 Å². The second-order valence-electron chi connectivity index (χ2n) is 3.31. The molecule has 2 aromatic rings. The third-order valence-electron chi connectivity index (χ3n) is 2.36. The van der Waals surface area contributed by atoms with E-state index in [1.165, 1.54) is 6.20 Å². The molecule has 2 N–H and O–H groups in total. The van der Waals surface area contributed by atoms with Gasteiger partial charge in [-0.05, 0) is 5.56 Å². The number of aromatic nitrogens is 1. The van der Waals surface area contributed by atoms with E-state index in [0.717, 1.165) is 5.56 Å². The molecule has 0 saturated carbocycles. The fourth-order valence-electron chi connectivity index (χ4n) is 1.65. The molecule has 0 amide bonds. The van der Waals surface area contributed by atoms with Gasteiger partial charge in [-0.3, -0.25) is 10.1 Å². The first-order valence-corrected chi connectivity index (χ1v) is 4.75. The number of hydrogen-bond acceptors (Lipinski definition) is 3. The van der Waals surface area contributed by atoms with Crippen LogP contribution in [0.25, 0.3) is 11.1 Å². The van der Waals surface area contributed by atoms with Crippen molar-refractivity contribution in [1.82, 2.24) is 4.98 Å². The molecule has 0 atom stereocenters. The molecule has 0 radical (unpaired) electrons. The lowest BCUT2D eigenvalue weighted by Crippen LogP contribution is -1.91. The van der Waals surface area contributed by atoms with Crippen LogP contribution in [0, 0.1) is 10.1 Å². The highest BCUT2D eigenvalue weighted by atomic mass is 16.6. The Kier molecular flexibility index (Phi) is 2.70. The number of nitrogens with zero attached hydrogens (tertiary/aromatic N) is 1. The Morgan fingerprint density at radius 2 is 2.00 bits per heavy atom. The van der Waals surface area contributed by atoms with E-state index in [1.807, 2.05) is 6.07 Å². The Labute approximate surface area is 91.5 Å². The molecule has 2 rings (SSSR count). The summed E-state index contributed by atoms with van der Waals surface area (Å²) in [4.78, 5) is 13.1. The molecule has 1 heterocycles. The van der Waals surface area contributed by atoms with Crippen LogP contribution in [0.5, 0.6) is 0 Å². The van der Waals surface area contributed by atoms with Crippen molar-refractivity contribution in [1.29, 1.82) is 0 Å². The van der Waals surface area contributed by atoms with E-state index in [-0.39, 0.29) is 12.3 Å². The van der Waals surface area contributed by atoms with Crippen molar-refractivity contribution in [3.63, 3.8) is 0 Å². The Bertz CT molecular complexity index is 505. The third-order valence-corrected chi connectivity index (χ3v) is 2.36. The predicted octanol–water partition coefficient (Wildman–Crippen LogP) is 2.08. The number of benzene rings is 1. The number of aliphatic hydroxyl groups is 1. The summed E-state index contributed by atoms with van der Waals surface area (Å²) in [6.45, 7) is -0.252. The first-order chi connectivity index (χ1) is 7.74. The normalized spacial score (nSPS) is 10.3. The monoisotopic (exact) mass is 218 g/mol. The van der Waals surface area contributed by atoms with Gasteiger partial charge in [-0.15, -0.1) is 0 Å². The summed E-state index contributed by atoms with van der Waals surface area (Å²) < 4.78 is 0. The van der Waals surface area contributed by atoms with Gasteiger partial charge in [0.1, 0.15) is 0 Å². The van der Waals surface area contributed by atoms with E-state index in [2.05, 4.69) is 4.98 Å². The van der Waals surface area contributed by atoms with Gasteiger partial charge in [-0.25, -0.2) is 0 Å². The molecule has 0 bridgehead atoms. The molecule has 5 nitrogen and oxygen atoms in total. The van der Waals surface area contributed by atoms with Crippen molar-refractivity contribution in [2.24, 2.45) is 0 Å². The molecular formula is C11H10N2O3. The summed E-state index contributed by atoms with van der Waals surface area (Å²) in [5.41, 5.74) is 1.61. The van der Waals surface area contributed by atoms with Crippen molar-refractivity contribution in [3.05, 3.63) is 52.3 Å². The van der Waals surface area contributed by atoms with Crippen molar-refractivity contribution < 1.29 is 10.0 Å². The first kappa shape index (κ1) is 10.4. The molecule has 0 aliphatic heterocycles. The average molecular weight is 218 g/mol. The molecule has 5 heteroatoms. The molecule has 16 heavy (non-hydrogen) atoms. The minimum absolute atomic E-state index is 0.0183. The first-order valence-electron chi connectivity index (χ1n) is 4.75. The molecule has 1 aromatic carbocycles. The van der Waals surface area contributed by atoms with Crippen LogP contribution < -0.4 is 0 Å². The van der Waals surface area contributed by atoms with Gasteiger partial charge in [-0.2, -0.15) is 0 Å². The highest BCUT2D eigenvalue weighted by molar-refractivity contribution is 5.75. The second kappa shape index (κ2) is 4.16. The van der Waals surface area contributed by atoms with E-state index in [1.54, 1.807) is 24.3 Å². The number of nitro groups is 1. The van der Waals surface area contributed by atoms with Gasteiger partial charge in [0, 0.05) is 0 Å². The summed E-state index contributed by atoms with van der Waals surface area (Å²) in [6.07, 6.45) is 1.30. The van der Waals surface area contributed by atoms with Gasteiger partial charge in [0.25, 0.3) is 5.69 Å². The van der Waals surface area contributed by atoms with Crippen LogP contribution in [-0.4, -0.2) is 15.0 Å². The lowest BCUT2D eigenvalue weighted by atomic mass is 10.1. The lowest BCUT2D eigenvalue weighted by molar-refractivity contribution is -0.384. The van der Waals surface area contributed by atoms with Gasteiger partial charge < -0.3 is 10.1 Å². The number of rotatable bonds is 3. The number of nitrogens with one attached hydrogen (secondary N) is 1. The Balaban J connectivity index is 2.62. The van der Waals surface area contributed by atoms with Gasteiger partial charge in [0.05, 0.1) is 29.0 Å². The van der Waals surface area contributed by atoms with Crippen LogP contribution in [0.4, 0.5) is 5.69 Å². The Morgan fingerprint density at radius 1 is 1.31 bits per heavy atom. The van der Waals surface area contributed by atoms with Gasteiger partial charge in [0.15, 0.2) is 0 Å². The molecule has 0 saturated heterocycles. The minimum atomic E-state index is -0.460. The van der Waals surface area contributed by atoms with E-state index < -0.39 is 4.92 Å². The van der Waals surface area contributed by atoms with Gasteiger partial charge in [0.2, 0.25) is 0 Å². The zero-order chi connectivity index (χ0) is 11.5. The topological polar surface area (TPSA) is 79.2 Å². The van der Waals surface area contributed by atoms with Crippen LogP contribution in [-0.2, 0) is 6.61 Å². The largest absolute Gasteiger partial charge is 0.390 e. The highest BCUT2D eigenvalue weighted by Crippen LogP contribution is 2.32. The summed E-state index contributed by atoms with van der Waals surface area (Å²) >= 11 is 0. The van der Waals surface area contributed by atoms with Crippen molar-refractivity contribution >= 4 is 5.69 Å². The van der Waals surface area contributed by atoms with Crippen LogP contribution in [0.15, 0.2) is 36.5 Å². The number of H-pyrrole nitrogens is 1. The van der Waals surface area contributed by atoms with E-state index >= 15 is 0 Å². The number of aliphatic hydroxyl groups excluding tert-OH is 1. The summed E-state index contributed by atoms with van der Waals surface area (Å²) in [5.74, 6) is 0. The zero-order valence-corrected chi connectivity index (χ0v) is 8.38. The van der Waals surface area contributed by atoms with E-state index in [0.29, 0.717) is 11.3 Å². The number of hydrogen-bond donors (Lipinski definition) is 2. The van der Waals surface area contributed by atoms with Gasteiger partial charge >= 0.3 is 0 Å². The zero-order valence-electron chi connectivity index (χ0n) is 8.38. The molecule has 0 fully saturated rings. The average Bonchev–Trinajstić information content (AvgIpc) is 2.73. The SMILES string of the molecule is O=[N+]([O-])c1c[nH]c(CO)c1-c1ccccc1. The number of aromatic amines is 1. The fraction of sp³-hybridized carbons (Fsp3) is 0.0909. The molecular weight excluding hydrogens is 208 g/mol. The van der Waals surface area contributed by atoms with Crippen LogP contribution >= 0.6 is 0 Å². The summed E-state index contributed by atoms with van der Waals surface area (Å²) in [6, 6.07) is 8.98. The summed E-state index contributed by atoms with van der Waals surface area (Å²) in [7, 11) is 0. The predicted molar refractivity (Wildman–Crippen MR) is 58.8 cm³/mol. The van der Waals surface area contributed by atoms with Crippen LogP contribution in [0.2, 0.25) is 0 Å². The van der Waals surface area contributed by atoms with Crippen molar-refractivity contribution in [2.75, 3.05) is 0 Å². The second-order valence-corrected chi connectivity index (χ2v) is 3.31. The minimum Gasteiger partial charge on any atom is -0.390 e. The van der Waals surface area contributed by atoms with Gasteiger partial charge in [-0.1, -0.05) is 30.3 Å². The summed E-state index contributed by atoms with van der Waals surface area (Å²) in [5, 5.41) is 19.9. The maximum absolute atomic E-state index is 10.8. The third kappa shape index (κ3) is 1.68. The maximum atomic E-state index is 10.8. The van der Waals surface area contributed by atoms with Crippen molar-refractivity contribution in [2.45, 2.75) is 6.61 Å². The fourth-order valence-corrected chi connectivity index (χ4v) is 1.65.